The van der Waals surface area contributed by atoms with Gasteiger partial charge in [0, 0.05) is 30.4 Å². The number of nitrogens with zero attached hydrogens (tertiary/aromatic N) is 6. The van der Waals surface area contributed by atoms with E-state index >= 15 is 0 Å². The summed E-state index contributed by atoms with van der Waals surface area (Å²) in [6, 6.07) is 9.85. The van der Waals surface area contributed by atoms with Crippen molar-refractivity contribution in [2.24, 2.45) is 5.14 Å². The Balaban J connectivity index is 1.59. The van der Waals surface area contributed by atoms with Crippen molar-refractivity contribution in [2.45, 2.75) is 23.8 Å². The van der Waals surface area contributed by atoms with Crippen molar-refractivity contribution in [3.05, 3.63) is 48.9 Å². The molecular weight excluding hydrogens is 444 g/mol. The fourth-order valence-electron chi connectivity index (χ4n) is 3.94. The van der Waals surface area contributed by atoms with Crippen LogP contribution in [0.15, 0.2) is 53.8 Å². The zero-order valence-corrected chi connectivity index (χ0v) is 18.4. The lowest BCUT2D eigenvalue weighted by Gasteiger charge is -2.31. The van der Waals surface area contributed by atoms with Crippen LogP contribution in [0.4, 0.5) is 5.82 Å². The van der Waals surface area contributed by atoms with Crippen LogP contribution < -0.4 is 15.9 Å². The maximum absolute atomic E-state index is 11.8. The van der Waals surface area contributed by atoms with Crippen LogP contribution in [-0.4, -0.2) is 57.3 Å². The minimum absolute atomic E-state index is 0.0405. The topological polar surface area (TPSA) is 166 Å². The summed E-state index contributed by atoms with van der Waals surface area (Å²) < 4.78 is 24.9. The van der Waals surface area contributed by atoms with Crippen molar-refractivity contribution in [1.82, 2.24) is 24.6 Å². The molecule has 1 aliphatic rings. The molecule has 5 N–H and O–H groups in total. The number of primary sulfonamides is 1. The van der Waals surface area contributed by atoms with Gasteiger partial charge in [0.15, 0.2) is 11.5 Å². The normalized spacial score (nSPS) is 16.9. The van der Waals surface area contributed by atoms with Crippen LogP contribution in [0.1, 0.15) is 12.8 Å². The Bertz CT molecular complexity index is 1440. The number of pyridine rings is 1. The number of imidazole rings is 1. The van der Waals surface area contributed by atoms with Gasteiger partial charge < -0.3 is 15.8 Å². The first kappa shape index (κ1) is 21.2. The molecule has 0 spiro atoms. The van der Waals surface area contributed by atoms with Crippen LogP contribution in [-0.2, 0) is 10.0 Å². The monoisotopic (exact) mass is 466 g/mol. The fraction of sp³-hybridized carbons (Fsp3) is 0.238. The average Bonchev–Trinajstić information content (AvgIpc) is 3.19. The van der Waals surface area contributed by atoms with Crippen LogP contribution >= 0.6 is 0 Å². The number of hydrogen-bond donors (Lipinski definition) is 3. The molecule has 5 rings (SSSR count). The Morgan fingerprint density at radius 3 is 2.67 bits per heavy atom. The summed E-state index contributed by atoms with van der Waals surface area (Å²) >= 11 is 0. The lowest BCUT2D eigenvalue weighted by Crippen LogP contribution is -2.38. The van der Waals surface area contributed by atoms with Crippen LogP contribution in [0.5, 0.6) is 0 Å². The summed E-state index contributed by atoms with van der Waals surface area (Å²) in [5.41, 5.74) is 2.56. The van der Waals surface area contributed by atoms with Gasteiger partial charge in [0.25, 0.3) is 0 Å². The minimum atomic E-state index is -3.89. The third kappa shape index (κ3) is 4.11. The molecule has 170 valence electrons. The molecule has 11 nitrogen and oxygen atoms in total. The van der Waals surface area contributed by atoms with Gasteiger partial charge in [-0.15, -0.1) is 0 Å². The predicted molar refractivity (Wildman–Crippen MR) is 123 cm³/mol. The van der Waals surface area contributed by atoms with E-state index in [1.54, 1.807) is 18.3 Å². The summed E-state index contributed by atoms with van der Waals surface area (Å²) in [6.07, 6.45) is 4.48. The molecule has 4 heterocycles. The number of aliphatic hydroxyl groups excluding tert-OH is 1. The second kappa shape index (κ2) is 8.06. The lowest BCUT2D eigenvalue weighted by atomic mass is 10.1. The zero-order chi connectivity index (χ0) is 23.2. The molecule has 1 atom stereocenters. The quantitative estimate of drug-likeness (QED) is 0.370. The van der Waals surface area contributed by atoms with Crippen LogP contribution in [0, 0.1) is 0 Å². The fourth-order valence-corrected chi connectivity index (χ4v) is 4.49. The van der Waals surface area contributed by atoms with E-state index in [0.717, 1.165) is 25.2 Å². The van der Waals surface area contributed by atoms with Crippen molar-refractivity contribution in [3.63, 3.8) is 0 Å². The van der Waals surface area contributed by atoms with Crippen LogP contribution in [0.2, 0.25) is 0 Å². The van der Waals surface area contributed by atoms with Gasteiger partial charge in [-0.25, -0.2) is 38.2 Å². The SMILES string of the molecule is Nn1cnc2c(-c3ccc(N4CCCC(O)C4)nc3)nc(-c3cccc(S(N)(=O)=O)c3)nc21. The summed E-state index contributed by atoms with van der Waals surface area (Å²) in [5, 5.41) is 15.2. The lowest BCUT2D eigenvalue weighted by molar-refractivity contribution is 0.154. The molecule has 1 fully saturated rings. The largest absolute Gasteiger partial charge is 0.391 e. The number of nitrogens with two attached hydrogens (primary N) is 2. The number of rotatable bonds is 4. The maximum atomic E-state index is 11.8. The Kier molecular flexibility index (Phi) is 5.19. The van der Waals surface area contributed by atoms with E-state index in [4.69, 9.17) is 11.0 Å². The number of nitrogen functional groups attached to an aromatic ring is 1. The summed E-state index contributed by atoms with van der Waals surface area (Å²) in [4.78, 5) is 20.1. The van der Waals surface area contributed by atoms with Gasteiger partial charge in [-0.2, -0.15) is 0 Å². The Morgan fingerprint density at radius 2 is 1.94 bits per heavy atom. The number of benzene rings is 1. The van der Waals surface area contributed by atoms with Crippen molar-refractivity contribution in [3.8, 4) is 22.6 Å². The molecule has 1 unspecified atom stereocenters. The number of aliphatic hydroxyl groups is 1. The smallest absolute Gasteiger partial charge is 0.238 e. The molecule has 33 heavy (non-hydrogen) atoms. The number of fused-ring (bicyclic) bond motifs is 1. The minimum Gasteiger partial charge on any atom is -0.391 e. The summed E-state index contributed by atoms with van der Waals surface area (Å²) in [7, 11) is -3.89. The molecule has 12 heteroatoms. The Morgan fingerprint density at radius 1 is 1.09 bits per heavy atom. The third-order valence-electron chi connectivity index (χ3n) is 5.58. The number of anilines is 1. The van der Waals surface area contributed by atoms with E-state index in [0.29, 0.717) is 34.5 Å². The molecule has 0 amide bonds. The molecule has 1 aromatic carbocycles. The zero-order valence-electron chi connectivity index (χ0n) is 17.5. The van der Waals surface area contributed by atoms with Crippen molar-refractivity contribution in [2.75, 3.05) is 23.8 Å². The molecule has 3 aromatic heterocycles. The van der Waals surface area contributed by atoms with Gasteiger partial charge in [-0.1, -0.05) is 12.1 Å². The van der Waals surface area contributed by atoms with E-state index in [2.05, 4.69) is 19.9 Å². The number of sulfonamides is 1. The van der Waals surface area contributed by atoms with E-state index < -0.39 is 10.0 Å². The van der Waals surface area contributed by atoms with Gasteiger partial charge in [0.1, 0.15) is 23.4 Å². The number of piperidine rings is 1. The van der Waals surface area contributed by atoms with Gasteiger partial charge >= 0.3 is 0 Å². The first-order valence-corrected chi connectivity index (χ1v) is 11.9. The average molecular weight is 467 g/mol. The van der Waals surface area contributed by atoms with Crippen molar-refractivity contribution in [1.29, 1.82) is 0 Å². The van der Waals surface area contributed by atoms with Crippen molar-refractivity contribution >= 4 is 27.0 Å². The molecule has 4 aromatic rings. The maximum Gasteiger partial charge on any atom is 0.238 e. The molecular formula is C21H22N8O3S. The molecule has 1 aliphatic heterocycles. The number of hydrogen-bond acceptors (Lipinski definition) is 9. The second-order valence-electron chi connectivity index (χ2n) is 7.94. The van der Waals surface area contributed by atoms with Crippen molar-refractivity contribution < 1.29 is 13.5 Å². The third-order valence-corrected chi connectivity index (χ3v) is 6.50. The van der Waals surface area contributed by atoms with E-state index in [9.17, 15) is 13.5 Å². The van der Waals surface area contributed by atoms with E-state index in [-0.39, 0.29) is 16.8 Å². The highest BCUT2D eigenvalue weighted by molar-refractivity contribution is 7.89. The van der Waals surface area contributed by atoms with Gasteiger partial charge in [-0.05, 0) is 37.1 Å². The first-order chi connectivity index (χ1) is 15.8. The molecule has 0 bridgehead atoms. The van der Waals surface area contributed by atoms with Gasteiger partial charge in [0.2, 0.25) is 10.0 Å². The summed E-state index contributed by atoms with van der Waals surface area (Å²) in [6.45, 7) is 1.38. The predicted octanol–water partition coefficient (Wildman–Crippen LogP) is 0.878. The number of aromatic nitrogens is 5. The van der Waals surface area contributed by atoms with E-state index in [1.807, 2.05) is 17.0 Å². The first-order valence-electron chi connectivity index (χ1n) is 10.3. The Labute approximate surface area is 189 Å². The van der Waals surface area contributed by atoms with Crippen LogP contribution in [0.3, 0.4) is 0 Å². The highest BCUT2D eigenvalue weighted by Gasteiger charge is 2.20. The van der Waals surface area contributed by atoms with Gasteiger partial charge in [0.05, 0.1) is 11.0 Å². The molecule has 0 saturated carbocycles. The highest BCUT2D eigenvalue weighted by Crippen LogP contribution is 2.29. The Hall–Kier alpha value is -3.61. The molecule has 1 saturated heterocycles. The second-order valence-corrected chi connectivity index (χ2v) is 9.50. The molecule has 0 aliphatic carbocycles. The molecule has 0 radical (unpaired) electrons. The standard InChI is InChI=1S/C21H22N8O3S/c22-29-12-25-19-18(14-6-7-17(24-10-14)28-8-2-4-15(30)11-28)26-20(27-21(19)29)13-3-1-5-16(9-13)33(23,31)32/h1,3,5-7,9-10,12,15,30H,2,4,8,11,22H2,(H2,23,31,32). The van der Waals surface area contributed by atoms with Crippen LogP contribution in [0.25, 0.3) is 33.8 Å². The van der Waals surface area contributed by atoms with E-state index in [1.165, 1.54) is 23.1 Å². The summed E-state index contributed by atoms with van der Waals surface area (Å²) in [5.74, 6) is 7.05. The van der Waals surface area contributed by atoms with Gasteiger partial charge in [-0.3, -0.25) is 0 Å². The number of β-amino-alcohol motifs (C(OH)–C–C–N with tert-alkyl or cyclic N) is 1. The highest BCUT2D eigenvalue weighted by atomic mass is 32.2.